The zero-order valence-corrected chi connectivity index (χ0v) is 12.2. The summed E-state index contributed by atoms with van der Waals surface area (Å²) < 4.78 is 0. The van der Waals surface area contributed by atoms with Crippen LogP contribution in [0.4, 0.5) is 17.3 Å². The van der Waals surface area contributed by atoms with Crippen molar-refractivity contribution in [3.63, 3.8) is 0 Å². The van der Waals surface area contributed by atoms with Crippen LogP contribution in [0.5, 0.6) is 0 Å². The summed E-state index contributed by atoms with van der Waals surface area (Å²) in [6.07, 6.45) is 0. The second-order valence-corrected chi connectivity index (χ2v) is 4.36. The van der Waals surface area contributed by atoms with Gasteiger partial charge in [0.25, 0.3) is 5.69 Å². The number of aryl methyl sites for hydroxylation is 3. The molecule has 0 saturated carbocycles. The molecule has 0 bridgehead atoms. The maximum atomic E-state index is 10.8. The number of rotatable bonds is 3. The van der Waals surface area contributed by atoms with E-state index in [1.807, 2.05) is 26.8 Å². The van der Waals surface area contributed by atoms with Crippen LogP contribution in [-0.2, 0) is 0 Å². The highest BCUT2D eigenvalue weighted by Gasteiger charge is 2.10. The molecular weight excluding hydrogens is 280 g/mol. The fourth-order valence-corrected chi connectivity index (χ4v) is 1.76. The van der Waals surface area contributed by atoms with Crippen molar-refractivity contribution in [2.75, 3.05) is 5.32 Å². The number of anilines is 2. The minimum Gasteiger partial charge on any atom is -0.324 e. The Kier molecular flexibility index (Phi) is 4.99. The molecule has 20 heavy (non-hydrogen) atoms. The molecule has 0 spiro atoms. The van der Waals surface area contributed by atoms with Gasteiger partial charge in [-0.15, -0.1) is 12.4 Å². The van der Waals surface area contributed by atoms with E-state index in [0.717, 1.165) is 17.0 Å². The summed E-state index contributed by atoms with van der Waals surface area (Å²) in [7, 11) is 0. The lowest BCUT2D eigenvalue weighted by molar-refractivity contribution is -0.384. The fourth-order valence-electron chi connectivity index (χ4n) is 1.76. The Morgan fingerprint density at radius 3 is 2.25 bits per heavy atom. The van der Waals surface area contributed by atoms with Gasteiger partial charge in [-0.05, 0) is 32.4 Å². The number of nitro benzene ring substituents is 1. The van der Waals surface area contributed by atoms with Crippen LogP contribution in [0.25, 0.3) is 0 Å². The third-order valence-electron chi connectivity index (χ3n) is 2.66. The van der Waals surface area contributed by atoms with Gasteiger partial charge in [-0.2, -0.15) is 0 Å². The minimum atomic E-state index is -0.424. The van der Waals surface area contributed by atoms with Crippen LogP contribution in [0.1, 0.15) is 17.0 Å². The average molecular weight is 295 g/mol. The molecule has 1 aromatic carbocycles. The Morgan fingerprint density at radius 2 is 1.70 bits per heavy atom. The van der Waals surface area contributed by atoms with Gasteiger partial charge in [0, 0.05) is 23.5 Å². The molecule has 0 aliphatic carbocycles. The second kappa shape index (κ2) is 6.29. The van der Waals surface area contributed by atoms with E-state index in [9.17, 15) is 10.1 Å². The Labute approximate surface area is 122 Å². The maximum Gasteiger partial charge on any atom is 0.271 e. The van der Waals surface area contributed by atoms with Crippen molar-refractivity contribution >= 4 is 29.7 Å². The summed E-state index contributed by atoms with van der Waals surface area (Å²) >= 11 is 0. The number of halogens is 1. The summed E-state index contributed by atoms with van der Waals surface area (Å²) in [5.74, 6) is 0.445. The molecule has 1 heterocycles. The number of hydrogen-bond donors (Lipinski definition) is 1. The van der Waals surface area contributed by atoms with E-state index in [4.69, 9.17) is 0 Å². The molecule has 0 atom stereocenters. The lowest BCUT2D eigenvalue weighted by Crippen LogP contribution is -2.02. The van der Waals surface area contributed by atoms with Gasteiger partial charge >= 0.3 is 0 Å². The van der Waals surface area contributed by atoms with Crippen molar-refractivity contribution in [2.24, 2.45) is 0 Å². The molecule has 0 aliphatic heterocycles. The molecular formula is C13H15ClN4O2. The van der Waals surface area contributed by atoms with Crippen LogP contribution in [0.3, 0.4) is 0 Å². The van der Waals surface area contributed by atoms with Crippen molar-refractivity contribution < 1.29 is 4.92 Å². The quantitative estimate of drug-likeness (QED) is 0.692. The molecule has 0 unspecified atom stereocenters. The molecule has 0 aliphatic rings. The average Bonchev–Trinajstić information content (AvgIpc) is 2.30. The van der Waals surface area contributed by atoms with Gasteiger partial charge in [0.05, 0.1) is 10.6 Å². The van der Waals surface area contributed by atoms with Crippen molar-refractivity contribution in [3.05, 3.63) is 51.3 Å². The third-order valence-corrected chi connectivity index (χ3v) is 2.66. The third kappa shape index (κ3) is 3.64. The number of nitrogens with one attached hydrogen (secondary N) is 1. The molecule has 1 aromatic heterocycles. The minimum absolute atomic E-state index is 0. The van der Waals surface area contributed by atoms with Gasteiger partial charge in [0.15, 0.2) is 0 Å². The molecule has 2 aromatic rings. The Hall–Kier alpha value is -2.21. The smallest absolute Gasteiger partial charge is 0.271 e. The van der Waals surface area contributed by atoms with Gasteiger partial charge in [-0.3, -0.25) is 10.1 Å². The first-order valence-electron chi connectivity index (χ1n) is 5.80. The van der Waals surface area contributed by atoms with E-state index in [1.54, 1.807) is 6.07 Å². The standard InChI is InChI=1S/C13H14N4O2.ClH/c1-8-4-5-11(17(18)19)7-12(8)16-13-14-9(2)6-10(3)15-13;/h4-7H,1-3H3,(H,14,15,16);1H. The maximum absolute atomic E-state index is 10.8. The first kappa shape index (κ1) is 15.8. The van der Waals surface area contributed by atoms with Crippen molar-refractivity contribution in [2.45, 2.75) is 20.8 Å². The number of nitro groups is 1. The van der Waals surface area contributed by atoms with E-state index in [0.29, 0.717) is 11.6 Å². The molecule has 0 fully saturated rings. The zero-order chi connectivity index (χ0) is 14.0. The van der Waals surface area contributed by atoms with E-state index < -0.39 is 4.92 Å². The number of non-ortho nitro benzene ring substituents is 1. The normalized spacial score (nSPS) is 9.75. The zero-order valence-electron chi connectivity index (χ0n) is 11.4. The summed E-state index contributed by atoms with van der Waals surface area (Å²) in [5.41, 5.74) is 3.27. The highest BCUT2D eigenvalue weighted by atomic mass is 35.5. The molecule has 2 rings (SSSR count). The molecule has 106 valence electrons. The van der Waals surface area contributed by atoms with Crippen LogP contribution in [0.15, 0.2) is 24.3 Å². The van der Waals surface area contributed by atoms with Crippen molar-refractivity contribution in [1.29, 1.82) is 0 Å². The van der Waals surface area contributed by atoms with Crippen molar-refractivity contribution in [3.8, 4) is 0 Å². The Balaban J connectivity index is 0.00000200. The van der Waals surface area contributed by atoms with Gasteiger partial charge in [-0.1, -0.05) is 6.07 Å². The Morgan fingerprint density at radius 1 is 1.10 bits per heavy atom. The molecule has 0 radical (unpaired) electrons. The molecule has 6 nitrogen and oxygen atoms in total. The van der Waals surface area contributed by atoms with Gasteiger partial charge < -0.3 is 5.32 Å². The number of benzene rings is 1. The molecule has 0 saturated heterocycles. The molecule has 7 heteroatoms. The summed E-state index contributed by atoms with van der Waals surface area (Å²) in [6.45, 7) is 5.62. The SMILES string of the molecule is Cc1cc(C)nc(Nc2cc([N+](=O)[O-])ccc2C)n1.Cl. The summed E-state index contributed by atoms with van der Waals surface area (Å²) in [6, 6.07) is 6.52. The number of hydrogen-bond acceptors (Lipinski definition) is 5. The van der Waals surface area contributed by atoms with E-state index >= 15 is 0 Å². The van der Waals surface area contributed by atoms with Gasteiger partial charge in [0.1, 0.15) is 0 Å². The molecule has 1 N–H and O–H groups in total. The second-order valence-electron chi connectivity index (χ2n) is 4.36. The predicted molar refractivity (Wildman–Crippen MR) is 79.9 cm³/mol. The topological polar surface area (TPSA) is 81.0 Å². The highest BCUT2D eigenvalue weighted by molar-refractivity contribution is 5.85. The van der Waals surface area contributed by atoms with E-state index in [1.165, 1.54) is 12.1 Å². The summed E-state index contributed by atoms with van der Waals surface area (Å²) in [5, 5.41) is 13.8. The van der Waals surface area contributed by atoms with Crippen LogP contribution >= 0.6 is 12.4 Å². The first-order valence-corrected chi connectivity index (χ1v) is 5.80. The Bertz CT molecular complexity index is 626. The van der Waals surface area contributed by atoms with Gasteiger partial charge in [-0.25, -0.2) is 9.97 Å². The largest absolute Gasteiger partial charge is 0.324 e. The number of nitrogens with zero attached hydrogens (tertiary/aromatic N) is 3. The van der Waals surface area contributed by atoms with E-state index in [2.05, 4.69) is 15.3 Å². The van der Waals surface area contributed by atoms with Crippen LogP contribution in [0.2, 0.25) is 0 Å². The van der Waals surface area contributed by atoms with Crippen LogP contribution in [-0.4, -0.2) is 14.9 Å². The van der Waals surface area contributed by atoms with Crippen LogP contribution < -0.4 is 5.32 Å². The predicted octanol–water partition coefficient (Wildman–Crippen LogP) is 3.48. The number of aromatic nitrogens is 2. The van der Waals surface area contributed by atoms with Gasteiger partial charge in [0.2, 0.25) is 5.95 Å². The summed E-state index contributed by atoms with van der Waals surface area (Å²) in [4.78, 5) is 18.9. The fraction of sp³-hybridized carbons (Fsp3) is 0.231. The van der Waals surface area contributed by atoms with Crippen LogP contribution in [0, 0.1) is 30.9 Å². The first-order chi connectivity index (χ1) is 8.95. The lowest BCUT2D eigenvalue weighted by Gasteiger charge is -2.09. The monoisotopic (exact) mass is 294 g/mol. The highest BCUT2D eigenvalue weighted by Crippen LogP contribution is 2.24. The van der Waals surface area contributed by atoms with E-state index in [-0.39, 0.29) is 18.1 Å². The van der Waals surface area contributed by atoms with Crippen molar-refractivity contribution in [1.82, 2.24) is 9.97 Å². The lowest BCUT2D eigenvalue weighted by atomic mass is 10.2. The molecule has 0 amide bonds.